The van der Waals surface area contributed by atoms with Gasteiger partial charge in [0, 0.05) is 5.56 Å². The van der Waals surface area contributed by atoms with Gasteiger partial charge in [-0.05, 0) is 22.8 Å². The summed E-state index contributed by atoms with van der Waals surface area (Å²) < 4.78 is 10.7. The summed E-state index contributed by atoms with van der Waals surface area (Å²) >= 11 is 0. The molecule has 4 heteroatoms. The number of hydrogen-bond donors (Lipinski definition) is 1. The summed E-state index contributed by atoms with van der Waals surface area (Å²) in [6, 6.07) is 16.1. The summed E-state index contributed by atoms with van der Waals surface area (Å²) in [6.45, 7) is 1.33. The van der Waals surface area contributed by atoms with E-state index in [2.05, 4.69) is 17.3 Å². The first-order chi connectivity index (χ1) is 10.3. The third-order valence-corrected chi connectivity index (χ3v) is 3.78. The Hall–Kier alpha value is -2.59. The van der Waals surface area contributed by atoms with E-state index in [0.717, 1.165) is 22.4 Å². The minimum Gasteiger partial charge on any atom is -0.372 e. The molecular formula is C17H14N2O2. The first kappa shape index (κ1) is 12.2. The maximum atomic E-state index is 5.97. The highest BCUT2D eigenvalue weighted by Gasteiger charge is 2.19. The Labute approximate surface area is 122 Å². The molecule has 21 heavy (non-hydrogen) atoms. The van der Waals surface area contributed by atoms with Gasteiger partial charge >= 0.3 is 0 Å². The summed E-state index contributed by atoms with van der Waals surface area (Å²) in [6.07, 6.45) is 0. The average molecular weight is 278 g/mol. The minimum absolute atomic E-state index is 0.341. The van der Waals surface area contributed by atoms with E-state index in [4.69, 9.17) is 15.0 Å². The number of nitrogens with zero attached hydrogens (tertiary/aromatic N) is 1. The number of nitrogen functional groups attached to an aromatic ring is 1. The molecule has 1 aromatic heterocycles. The molecule has 0 saturated carbocycles. The fraction of sp³-hybridized carbons (Fsp3) is 0.118. The molecule has 2 aromatic carbocycles. The van der Waals surface area contributed by atoms with Crippen molar-refractivity contribution in [3.05, 3.63) is 59.7 Å². The number of hydrogen-bond acceptors (Lipinski definition) is 4. The topological polar surface area (TPSA) is 61.3 Å². The van der Waals surface area contributed by atoms with Gasteiger partial charge in [-0.2, -0.15) is 0 Å². The van der Waals surface area contributed by atoms with Gasteiger partial charge in [0.15, 0.2) is 0 Å². The molecule has 1 aliphatic heterocycles. The lowest BCUT2D eigenvalue weighted by atomic mass is 9.98. The molecule has 0 aliphatic carbocycles. The molecule has 4 rings (SSSR count). The van der Waals surface area contributed by atoms with Crippen LogP contribution in [0.15, 0.2) is 53.1 Å². The van der Waals surface area contributed by atoms with Gasteiger partial charge in [0.2, 0.25) is 5.88 Å². The smallest absolute Gasteiger partial charge is 0.230 e. The highest BCUT2D eigenvalue weighted by molar-refractivity contribution is 5.87. The lowest BCUT2D eigenvalue weighted by Crippen LogP contribution is -1.89. The van der Waals surface area contributed by atoms with Crippen molar-refractivity contribution in [2.75, 3.05) is 5.73 Å². The van der Waals surface area contributed by atoms with Crippen LogP contribution in [0.25, 0.3) is 22.4 Å². The van der Waals surface area contributed by atoms with E-state index in [0.29, 0.717) is 19.1 Å². The summed E-state index contributed by atoms with van der Waals surface area (Å²) in [5.41, 5.74) is 12.0. The molecule has 0 amide bonds. The molecule has 0 spiro atoms. The molecular weight excluding hydrogens is 264 g/mol. The van der Waals surface area contributed by atoms with E-state index < -0.39 is 0 Å². The lowest BCUT2D eigenvalue weighted by molar-refractivity contribution is 0.134. The second-order valence-corrected chi connectivity index (χ2v) is 5.11. The molecule has 3 aromatic rings. The number of aromatic nitrogens is 1. The van der Waals surface area contributed by atoms with Gasteiger partial charge in [-0.15, -0.1) is 0 Å². The Morgan fingerprint density at radius 2 is 1.71 bits per heavy atom. The van der Waals surface area contributed by atoms with Crippen molar-refractivity contribution >= 4 is 5.88 Å². The van der Waals surface area contributed by atoms with Crippen molar-refractivity contribution in [2.24, 2.45) is 0 Å². The van der Waals surface area contributed by atoms with Crippen LogP contribution >= 0.6 is 0 Å². The third kappa shape index (κ3) is 2.00. The Morgan fingerprint density at radius 1 is 0.905 bits per heavy atom. The van der Waals surface area contributed by atoms with Gasteiger partial charge in [0.05, 0.1) is 18.8 Å². The van der Waals surface area contributed by atoms with Crippen molar-refractivity contribution in [1.82, 2.24) is 5.16 Å². The summed E-state index contributed by atoms with van der Waals surface area (Å²) in [5.74, 6) is 0.341. The SMILES string of the molecule is Nc1onc(-c2ccc3c(c2)COC3)c1-c1ccccc1. The highest BCUT2D eigenvalue weighted by Crippen LogP contribution is 2.37. The number of ether oxygens (including phenoxy) is 1. The molecule has 0 atom stereocenters. The first-order valence-electron chi connectivity index (χ1n) is 6.83. The first-order valence-corrected chi connectivity index (χ1v) is 6.83. The minimum atomic E-state index is 0.341. The number of rotatable bonds is 2. The van der Waals surface area contributed by atoms with Gasteiger partial charge in [0.1, 0.15) is 5.69 Å². The van der Waals surface area contributed by atoms with E-state index in [1.165, 1.54) is 11.1 Å². The normalized spacial score (nSPS) is 13.3. The van der Waals surface area contributed by atoms with Gasteiger partial charge in [-0.25, -0.2) is 0 Å². The molecule has 2 N–H and O–H groups in total. The second-order valence-electron chi connectivity index (χ2n) is 5.11. The number of anilines is 1. The van der Waals surface area contributed by atoms with Gasteiger partial charge < -0.3 is 15.0 Å². The van der Waals surface area contributed by atoms with E-state index >= 15 is 0 Å². The third-order valence-electron chi connectivity index (χ3n) is 3.78. The molecule has 0 saturated heterocycles. The lowest BCUT2D eigenvalue weighted by Gasteiger charge is -2.04. The van der Waals surface area contributed by atoms with Crippen molar-refractivity contribution in [3.63, 3.8) is 0 Å². The Bertz CT molecular complexity index is 794. The number of fused-ring (bicyclic) bond motifs is 1. The van der Waals surface area contributed by atoms with Crippen LogP contribution in [0.2, 0.25) is 0 Å². The van der Waals surface area contributed by atoms with Gasteiger partial charge in [-0.1, -0.05) is 47.6 Å². The largest absolute Gasteiger partial charge is 0.372 e. The zero-order chi connectivity index (χ0) is 14.2. The van der Waals surface area contributed by atoms with Crippen LogP contribution in [0.4, 0.5) is 5.88 Å². The molecule has 1 aliphatic rings. The van der Waals surface area contributed by atoms with Crippen molar-refractivity contribution < 1.29 is 9.26 Å². The molecule has 104 valence electrons. The van der Waals surface area contributed by atoms with Crippen LogP contribution in [0.1, 0.15) is 11.1 Å². The van der Waals surface area contributed by atoms with E-state index in [9.17, 15) is 0 Å². The van der Waals surface area contributed by atoms with Gasteiger partial charge in [0.25, 0.3) is 0 Å². The molecule has 0 fully saturated rings. The maximum absolute atomic E-state index is 5.97. The van der Waals surface area contributed by atoms with E-state index in [1.54, 1.807) is 0 Å². The standard InChI is InChI=1S/C17H14N2O2/c18-17-15(11-4-2-1-3-5-11)16(19-21-17)12-6-7-13-9-20-10-14(13)8-12/h1-8H,9-10,18H2. The maximum Gasteiger partial charge on any atom is 0.230 e. The molecule has 2 heterocycles. The van der Waals surface area contributed by atoms with Crippen LogP contribution in [0.5, 0.6) is 0 Å². The Kier molecular flexibility index (Phi) is 2.75. The predicted octanol–water partition coefficient (Wildman–Crippen LogP) is 3.62. The average Bonchev–Trinajstić information content (AvgIpc) is 3.13. The summed E-state index contributed by atoms with van der Waals surface area (Å²) in [7, 11) is 0. The van der Waals surface area contributed by atoms with Crippen molar-refractivity contribution in [3.8, 4) is 22.4 Å². The van der Waals surface area contributed by atoms with E-state index in [-0.39, 0.29) is 0 Å². The van der Waals surface area contributed by atoms with Crippen molar-refractivity contribution in [1.29, 1.82) is 0 Å². The van der Waals surface area contributed by atoms with Gasteiger partial charge in [-0.3, -0.25) is 0 Å². The van der Waals surface area contributed by atoms with Crippen LogP contribution < -0.4 is 5.73 Å². The quantitative estimate of drug-likeness (QED) is 0.777. The fourth-order valence-corrected chi connectivity index (χ4v) is 2.70. The fourth-order valence-electron chi connectivity index (χ4n) is 2.70. The van der Waals surface area contributed by atoms with Crippen molar-refractivity contribution in [2.45, 2.75) is 13.2 Å². The highest BCUT2D eigenvalue weighted by atomic mass is 16.5. The van der Waals surface area contributed by atoms with Crippen LogP contribution in [0.3, 0.4) is 0 Å². The van der Waals surface area contributed by atoms with E-state index in [1.807, 2.05) is 36.4 Å². The monoisotopic (exact) mass is 278 g/mol. The summed E-state index contributed by atoms with van der Waals surface area (Å²) in [4.78, 5) is 0. The van der Waals surface area contributed by atoms with Crippen LogP contribution in [0, 0.1) is 0 Å². The van der Waals surface area contributed by atoms with Crippen LogP contribution in [-0.4, -0.2) is 5.16 Å². The predicted molar refractivity (Wildman–Crippen MR) is 80.3 cm³/mol. The second kappa shape index (κ2) is 4.75. The molecule has 0 unspecified atom stereocenters. The van der Waals surface area contributed by atoms with Crippen LogP contribution in [-0.2, 0) is 18.0 Å². The zero-order valence-corrected chi connectivity index (χ0v) is 11.4. The number of nitrogens with two attached hydrogens (primary N) is 1. The zero-order valence-electron chi connectivity index (χ0n) is 11.4. The molecule has 0 radical (unpaired) electrons. The Balaban J connectivity index is 1.87. The summed E-state index contributed by atoms with van der Waals surface area (Å²) in [5, 5.41) is 4.15. The molecule has 0 bridgehead atoms. The number of benzene rings is 2. The Morgan fingerprint density at radius 3 is 2.57 bits per heavy atom. The molecule has 4 nitrogen and oxygen atoms in total.